The van der Waals surface area contributed by atoms with Gasteiger partial charge < -0.3 is 5.32 Å². The van der Waals surface area contributed by atoms with Gasteiger partial charge in [-0.05, 0) is 13.8 Å². The fourth-order valence-electron chi connectivity index (χ4n) is 1.34. The average Bonchev–Trinajstić information content (AvgIpc) is 1.85. The van der Waals surface area contributed by atoms with Gasteiger partial charge in [0.05, 0.1) is 0 Å². The predicted molar refractivity (Wildman–Crippen MR) is 44.2 cm³/mol. The minimum Gasteiger partial charge on any atom is -0.314 e. The fourth-order valence-corrected chi connectivity index (χ4v) is 1.34. The summed E-state index contributed by atoms with van der Waals surface area (Å²) in [5, 5.41) is 3.22. The number of hydrogen-bond donors (Lipinski definition) is 1. The second kappa shape index (κ2) is 3.50. The fraction of sp³-hybridized carbons (Fsp3) is 0.875. The largest absolute Gasteiger partial charge is 0.314 e. The number of hydrogen-bond acceptors (Lipinski definition) is 2. The molecule has 1 fully saturated rings. The van der Waals surface area contributed by atoms with Gasteiger partial charge in [-0.2, -0.15) is 0 Å². The van der Waals surface area contributed by atoms with Crippen LogP contribution in [0.25, 0.3) is 0 Å². The maximum atomic E-state index is 13.0. The molecule has 1 aliphatic heterocycles. The molecular weight excluding hydrogens is 143 g/mol. The second-order valence-electron chi connectivity index (χ2n) is 3.44. The van der Waals surface area contributed by atoms with Crippen molar-refractivity contribution in [3.63, 3.8) is 0 Å². The van der Waals surface area contributed by atoms with Crippen molar-refractivity contribution in [2.24, 2.45) is 0 Å². The quantitative estimate of drug-likeness (QED) is 0.629. The van der Waals surface area contributed by atoms with Crippen LogP contribution in [0.1, 0.15) is 6.92 Å². The van der Waals surface area contributed by atoms with E-state index >= 15 is 0 Å². The molecule has 1 N–H and O–H groups in total. The van der Waals surface area contributed by atoms with Crippen LogP contribution in [0.3, 0.4) is 0 Å². The highest BCUT2D eigenvalue weighted by molar-refractivity contribution is 4.82. The van der Waals surface area contributed by atoms with E-state index in [1.807, 2.05) is 0 Å². The van der Waals surface area contributed by atoms with E-state index in [2.05, 4.69) is 17.1 Å². The number of alkyl halides is 1. The molecule has 1 radical (unpaired) electrons. The summed E-state index contributed by atoms with van der Waals surface area (Å²) in [5.41, 5.74) is -1.29. The molecule has 0 aromatic carbocycles. The zero-order chi connectivity index (χ0) is 8.32. The maximum absolute atomic E-state index is 13.0. The Hall–Kier alpha value is -0.150. The van der Waals surface area contributed by atoms with E-state index in [9.17, 15) is 4.39 Å². The van der Waals surface area contributed by atoms with Crippen molar-refractivity contribution in [3.05, 3.63) is 6.92 Å². The Labute approximate surface area is 67.8 Å². The van der Waals surface area contributed by atoms with Gasteiger partial charge in [-0.25, -0.2) is 4.39 Å². The van der Waals surface area contributed by atoms with E-state index in [0.29, 0.717) is 6.54 Å². The minimum absolute atomic E-state index is 0.453. The molecule has 0 bridgehead atoms. The van der Waals surface area contributed by atoms with Gasteiger partial charge in [-0.15, -0.1) is 0 Å². The van der Waals surface area contributed by atoms with Crippen molar-refractivity contribution in [1.82, 2.24) is 10.2 Å². The molecule has 1 saturated heterocycles. The van der Waals surface area contributed by atoms with Crippen molar-refractivity contribution in [3.8, 4) is 0 Å². The van der Waals surface area contributed by atoms with Gasteiger partial charge in [-0.3, -0.25) is 4.90 Å². The third-order valence-corrected chi connectivity index (χ3v) is 1.76. The van der Waals surface area contributed by atoms with Gasteiger partial charge in [0.15, 0.2) is 0 Å². The predicted octanol–water partition coefficient (Wildman–Crippen LogP) is 0.454. The molecule has 11 heavy (non-hydrogen) atoms. The van der Waals surface area contributed by atoms with Crippen LogP contribution in [0.15, 0.2) is 0 Å². The van der Waals surface area contributed by atoms with Crippen LogP contribution in [-0.4, -0.2) is 43.3 Å². The number of nitrogens with one attached hydrogen (secondary N) is 1. The Kier molecular flexibility index (Phi) is 2.84. The summed E-state index contributed by atoms with van der Waals surface area (Å²) >= 11 is 0. The number of rotatable bonds is 2. The first-order valence-corrected chi connectivity index (χ1v) is 4.05. The summed E-state index contributed by atoms with van der Waals surface area (Å²) in [6.45, 7) is 9.23. The molecule has 1 unspecified atom stereocenters. The Bertz CT molecular complexity index is 114. The standard InChI is InChI=1S/C8H16FN2/c1-8(2,9)7-11-5-3-10-4-6-11/h10H,1,3-7H2,2H3. The smallest absolute Gasteiger partial charge is 0.121 e. The normalized spacial score (nSPS) is 22.1. The van der Waals surface area contributed by atoms with E-state index in [1.54, 1.807) is 0 Å². The molecule has 1 rings (SSSR count). The van der Waals surface area contributed by atoms with E-state index < -0.39 is 5.67 Å². The van der Waals surface area contributed by atoms with Gasteiger partial charge in [0.2, 0.25) is 0 Å². The molecule has 2 nitrogen and oxygen atoms in total. The summed E-state index contributed by atoms with van der Waals surface area (Å²) in [7, 11) is 0. The molecule has 0 saturated carbocycles. The topological polar surface area (TPSA) is 15.3 Å². The molecule has 0 aliphatic carbocycles. The lowest BCUT2D eigenvalue weighted by atomic mass is 10.1. The van der Waals surface area contributed by atoms with E-state index in [-0.39, 0.29) is 0 Å². The Morgan fingerprint density at radius 2 is 2.09 bits per heavy atom. The van der Waals surface area contributed by atoms with Crippen LogP contribution in [0.5, 0.6) is 0 Å². The summed E-state index contributed by atoms with van der Waals surface area (Å²) in [6, 6.07) is 0. The van der Waals surface area contributed by atoms with E-state index in [4.69, 9.17) is 0 Å². The summed E-state index contributed by atoms with van der Waals surface area (Å²) in [5.74, 6) is 0. The highest BCUT2D eigenvalue weighted by Crippen LogP contribution is 2.10. The highest BCUT2D eigenvalue weighted by atomic mass is 19.1. The zero-order valence-corrected chi connectivity index (χ0v) is 7.07. The number of nitrogens with zero attached hydrogens (tertiary/aromatic N) is 1. The van der Waals surface area contributed by atoms with Gasteiger partial charge in [0.1, 0.15) is 5.67 Å². The zero-order valence-electron chi connectivity index (χ0n) is 7.07. The van der Waals surface area contributed by atoms with Crippen molar-refractivity contribution >= 4 is 0 Å². The monoisotopic (exact) mass is 159 g/mol. The molecule has 0 amide bonds. The lowest BCUT2D eigenvalue weighted by molar-refractivity contribution is 0.135. The molecule has 1 atom stereocenters. The van der Waals surface area contributed by atoms with Crippen LogP contribution >= 0.6 is 0 Å². The lowest BCUT2D eigenvalue weighted by Gasteiger charge is -2.30. The van der Waals surface area contributed by atoms with Gasteiger partial charge >= 0.3 is 0 Å². The van der Waals surface area contributed by atoms with Crippen molar-refractivity contribution in [2.75, 3.05) is 32.7 Å². The number of piperazine rings is 1. The second-order valence-corrected chi connectivity index (χ2v) is 3.44. The first-order chi connectivity index (χ1) is 5.08. The van der Waals surface area contributed by atoms with Crippen LogP contribution in [0.4, 0.5) is 4.39 Å². The first-order valence-electron chi connectivity index (χ1n) is 4.05. The highest BCUT2D eigenvalue weighted by Gasteiger charge is 2.21. The van der Waals surface area contributed by atoms with E-state index in [0.717, 1.165) is 26.2 Å². The van der Waals surface area contributed by atoms with Crippen LogP contribution in [-0.2, 0) is 0 Å². The Morgan fingerprint density at radius 1 is 1.55 bits per heavy atom. The molecule has 1 aliphatic rings. The third kappa shape index (κ3) is 3.68. The minimum atomic E-state index is -1.29. The van der Waals surface area contributed by atoms with Crippen LogP contribution < -0.4 is 5.32 Å². The van der Waals surface area contributed by atoms with Crippen LogP contribution in [0.2, 0.25) is 0 Å². The maximum Gasteiger partial charge on any atom is 0.121 e. The summed E-state index contributed by atoms with van der Waals surface area (Å²) in [6.07, 6.45) is 0. The lowest BCUT2D eigenvalue weighted by Crippen LogP contribution is -2.47. The first kappa shape index (κ1) is 8.94. The van der Waals surface area contributed by atoms with Crippen molar-refractivity contribution in [1.29, 1.82) is 0 Å². The molecule has 1 heterocycles. The average molecular weight is 159 g/mol. The molecule has 65 valence electrons. The molecule has 0 aromatic rings. The van der Waals surface area contributed by atoms with E-state index in [1.165, 1.54) is 6.92 Å². The third-order valence-electron chi connectivity index (χ3n) is 1.76. The summed E-state index contributed by atoms with van der Waals surface area (Å²) < 4.78 is 13.0. The van der Waals surface area contributed by atoms with Crippen molar-refractivity contribution < 1.29 is 4.39 Å². The molecule has 0 spiro atoms. The molecular formula is C8H16FN2. The van der Waals surface area contributed by atoms with Crippen molar-refractivity contribution in [2.45, 2.75) is 12.6 Å². The molecule has 0 aromatic heterocycles. The molecule has 3 heteroatoms. The Morgan fingerprint density at radius 3 is 2.55 bits per heavy atom. The number of halogens is 1. The Balaban J connectivity index is 2.24. The van der Waals surface area contributed by atoms with Gasteiger partial charge in [-0.1, -0.05) is 0 Å². The SMILES string of the molecule is [CH2]C(C)(F)CN1CCNCC1. The summed E-state index contributed by atoms with van der Waals surface area (Å²) in [4.78, 5) is 2.10. The van der Waals surface area contributed by atoms with Gasteiger partial charge in [0.25, 0.3) is 0 Å². The van der Waals surface area contributed by atoms with Gasteiger partial charge in [0, 0.05) is 32.7 Å². The van der Waals surface area contributed by atoms with Crippen LogP contribution in [0, 0.1) is 6.92 Å².